The van der Waals surface area contributed by atoms with E-state index in [-0.39, 0.29) is 31.1 Å². The maximum Gasteiger partial charge on any atom is 0.306 e. The lowest BCUT2D eigenvalue weighted by atomic mass is 10.0. The number of carbonyl (C=O) groups is 3. The van der Waals surface area contributed by atoms with Crippen LogP contribution in [0.2, 0.25) is 0 Å². The molecule has 0 aliphatic carbocycles. The van der Waals surface area contributed by atoms with Crippen LogP contribution >= 0.6 is 0 Å². The van der Waals surface area contributed by atoms with Crippen molar-refractivity contribution < 1.29 is 28.6 Å². The van der Waals surface area contributed by atoms with Gasteiger partial charge in [-0.3, -0.25) is 14.4 Å². The molecule has 0 radical (unpaired) electrons. The quantitative estimate of drug-likeness (QED) is 0.0261. The minimum absolute atomic E-state index is 0.0879. The third-order valence-electron chi connectivity index (χ3n) is 14.5. The molecule has 0 aliphatic heterocycles. The number of carbonyl (C=O) groups excluding carboxylic acids is 3. The van der Waals surface area contributed by atoms with E-state index in [0.717, 1.165) is 128 Å². The van der Waals surface area contributed by atoms with Crippen molar-refractivity contribution >= 4 is 17.9 Å². The summed E-state index contributed by atoms with van der Waals surface area (Å²) >= 11 is 0. The third-order valence-corrected chi connectivity index (χ3v) is 14.5. The van der Waals surface area contributed by atoms with Crippen molar-refractivity contribution in [2.75, 3.05) is 13.2 Å². The topological polar surface area (TPSA) is 78.9 Å². The summed E-state index contributed by atoms with van der Waals surface area (Å²) in [5.41, 5.74) is 0. The molecular formula is C74H126O6. The number of hydrogen-bond acceptors (Lipinski definition) is 6. The van der Waals surface area contributed by atoms with E-state index < -0.39 is 6.10 Å². The third kappa shape index (κ3) is 64.9. The van der Waals surface area contributed by atoms with Gasteiger partial charge >= 0.3 is 17.9 Å². The summed E-state index contributed by atoms with van der Waals surface area (Å²) in [4.78, 5) is 38.2. The molecule has 0 spiro atoms. The first-order valence-corrected chi connectivity index (χ1v) is 33.9. The van der Waals surface area contributed by atoms with Crippen molar-refractivity contribution in [1.29, 1.82) is 0 Å². The van der Waals surface area contributed by atoms with Crippen LogP contribution < -0.4 is 0 Å². The molecule has 6 nitrogen and oxygen atoms in total. The molecule has 0 aromatic rings. The number of rotatable bonds is 61. The van der Waals surface area contributed by atoms with Gasteiger partial charge in [0.05, 0.1) is 0 Å². The van der Waals surface area contributed by atoms with Crippen LogP contribution in [-0.2, 0) is 28.6 Å². The molecule has 0 amide bonds. The average molecular weight is 1110 g/mol. The van der Waals surface area contributed by atoms with Gasteiger partial charge in [-0.2, -0.15) is 0 Å². The lowest BCUT2D eigenvalue weighted by Gasteiger charge is -2.18. The Morgan fingerprint density at radius 3 is 0.787 bits per heavy atom. The number of allylic oxidation sites excluding steroid dienone is 18. The Bertz CT molecular complexity index is 1610. The first kappa shape index (κ1) is 76.1. The van der Waals surface area contributed by atoms with Crippen LogP contribution in [0.5, 0.6) is 0 Å². The van der Waals surface area contributed by atoms with Crippen molar-refractivity contribution in [1.82, 2.24) is 0 Å². The Hall–Kier alpha value is -3.93. The summed E-state index contributed by atoms with van der Waals surface area (Å²) in [6.45, 7) is 6.39. The summed E-state index contributed by atoms with van der Waals surface area (Å²) in [6.07, 6.45) is 92.7. The van der Waals surface area contributed by atoms with Crippen LogP contribution in [0.3, 0.4) is 0 Å². The van der Waals surface area contributed by atoms with E-state index in [1.807, 2.05) is 0 Å². The summed E-state index contributed by atoms with van der Waals surface area (Å²) in [7, 11) is 0. The lowest BCUT2D eigenvalue weighted by molar-refractivity contribution is -0.167. The summed E-state index contributed by atoms with van der Waals surface area (Å²) in [5.74, 6) is -0.917. The molecule has 0 aromatic carbocycles. The highest BCUT2D eigenvalue weighted by atomic mass is 16.6. The van der Waals surface area contributed by atoms with Gasteiger partial charge in [-0.15, -0.1) is 0 Å². The van der Waals surface area contributed by atoms with Crippen LogP contribution in [-0.4, -0.2) is 37.2 Å². The smallest absolute Gasteiger partial charge is 0.306 e. The zero-order valence-corrected chi connectivity index (χ0v) is 52.6. The second-order valence-electron chi connectivity index (χ2n) is 22.3. The van der Waals surface area contributed by atoms with Gasteiger partial charge in [0.25, 0.3) is 0 Å². The minimum atomic E-state index is -0.793. The SMILES string of the molecule is CC/C=C\C/C=C\C/C=C\C/C=C\C/C=C\CCCCCCCCCCCCCCCCCCCCCC(=O)OCC(COC(=O)CCCCC/C=C\C/C=C\C/C=C\CC)OC(=O)CCCCCCC/C=C\CCCCCCC. The van der Waals surface area contributed by atoms with Crippen molar-refractivity contribution in [2.45, 2.75) is 329 Å². The van der Waals surface area contributed by atoms with Gasteiger partial charge in [-0.05, 0) is 122 Å². The largest absolute Gasteiger partial charge is 0.462 e. The molecule has 0 saturated heterocycles. The van der Waals surface area contributed by atoms with Gasteiger partial charge in [0.15, 0.2) is 6.10 Å². The molecule has 0 heterocycles. The Balaban J connectivity index is 4.12. The van der Waals surface area contributed by atoms with Gasteiger partial charge in [0.2, 0.25) is 0 Å². The zero-order chi connectivity index (χ0) is 57.8. The van der Waals surface area contributed by atoms with Crippen LogP contribution in [0.25, 0.3) is 0 Å². The van der Waals surface area contributed by atoms with Crippen molar-refractivity contribution in [2.24, 2.45) is 0 Å². The first-order valence-electron chi connectivity index (χ1n) is 33.9. The van der Waals surface area contributed by atoms with E-state index in [9.17, 15) is 14.4 Å². The summed E-state index contributed by atoms with van der Waals surface area (Å²) in [5, 5.41) is 0. The second-order valence-corrected chi connectivity index (χ2v) is 22.3. The fourth-order valence-corrected chi connectivity index (χ4v) is 9.48. The standard InChI is InChI=1S/C74H126O6/c1-4-7-10-13-16-19-22-25-27-28-29-30-31-32-33-34-35-36-37-38-39-40-41-42-43-44-45-46-47-50-52-55-58-61-64-67-73(76)79-70-71(69-78-72(75)66-63-60-57-54-51-48-24-21-18-15-12-9-6-3)80-74(77)68-65-62-59-56-53-49-26-23-20-17-14-11-8-5-2/h7,9-10,12,16,18-19,21,23,25-27,29-30,32-33,48,51,71H,4-6,8,11,13-15,17,20,22,24,28,31,34-47,49-50,52-70H2,1-3H3/b10-7-,12-9-,19-16-,21-18-,26-23-,27-25-,30-29-,33-32-,51-48-. The van der Waals surface area contributed by atoms with Gasteiger partial charge in [0, 0.05) is 19.3 Å². The number of unbranched alkanes of at least 4 members (excludes halogenated alkanes) is 32. The molecule has 0 saturated carbocycles. The maximum absolute atomic E-state index is 12.9. The lowest BCUT2D eigenvalue weighted by Crippen LogP contribution is -2.30. The molecule has 1 atom stereocenters. The second kappa shape index (κ2) is 67.6. The zero-order valence-electron chi connectivity index (χ0n) is 52.6. The summed E-state index contributed by atoms with van der Waals surface area (Å²) in [6, 6.07) is 0. The molecule has 0 rings (SSSR count). The van der Waals surface area contributed by atoms with Crippen LogP contribution in [0.1, 0.15) is 323 Å². The molecule has 80 heavy (non-hydrogen) atoms. The first-order chi connectivity index (χ1) is 39.5. The Kier molecular flexibility index (Phi) is 64.3. The number of ether oxygens (including phenoxy) is 3. The normalized spacial score (nSPS) is 12.8. The molecule has 0 aromatic heterocycles. The minimum Gasteiger partial charge on any atom is -0.462 e. The molecular weight excluding hydrogens is 985 g/mol. The fourth-order valence-electron chi connectivity index (χ4n) is 9.48. The van der Waals surface area contributed by atoms with Gasteiger partial charge in [-0.1, -0.05) is 291 Å². The highest BCUT2D eigenvalue weighted by Gasteiger charge is 2.19. The van der Waals surface area contributed by atoms with Crippen molar-refractivity contribution in [3.05, 3.63) is 109 Å². The van der Waals surface area contributed by atoms with E-state index >= 15 is 0 Å². The molecule has 0 aliphatic rings. The van der Waals surface area contributed by atoms with Crippen LogP contribution in [0.15, 0.2) is 109 Å². The number of esters is 3. The predicted octanol–water partition coefficient (Wildman–Crippen LogP) is 23.4. The Morgan fingerprint density at radius 2 is 0.487 bits per heavy atom. The molecule has 1 unspecified atom stereocenters. The predicted molar refractivity (Wildman–Crippen MR) is 348 cm³/mol. The maximum atomic E-state index is 12.9. The van der Waals surface area contributed by atoms with Crippen LogP contribution in [0, 0.1) is 0 Å². The number of hydrogen-bond donors (Lipinski definition) is 0. The van der Waals surface area contributed by atoms with Crippen molar-refractivity contribution in [3.63, 3.8) is 0 Å². The van der Waals surface area contributed by atoms with Crippen LogP contribution in [0.4, 0.5) is 0 Å². The van der Waals surface area contributed by atoms with E-state index in [0.29, 0.717) is 19.3 Å². The fraction of sp³-hybridized carbons (Fsp3) is 0.716. The average Bonchev–Trinajstić information content (AvgIpc) is 3.46. The van der Waals surface area contributed by atoms with E-state index in [1.165, 1.54) is 154 Å². The molecule has 458 valence electrons. The molecule has 6 heteroatoms. The summed E-state index contributed by atoms with van der Waals surface area (Å²) < 4.78 is 16.9. The van der Waals surface area contributed by atoms with Gasteiger partial charge in [0.1, 0.15) is 13.2 Å². The molecule has 0 N–H and O–H groups in total. The van der Waals surface area contributed by atoms with E-state index in [1.54, 1.807) is 0 Å². The highest BCUT2D eigenvalue weighted by Crippen LogP contribution is 2.17. The van der Waals surface area contributed by atoms with E-state index in [2.05, 4.69) is 130 Å². The van der Waals surface area contributed by atoms with E-state index in [4.69, 9.17) is 14.2 Å². The highest BCUT2D eigenvalue weighted by molar-refractivity contribution is 5.71. The molecule has 0 bridgehead atoms. The Labute approximate surface area is 495 Å². The van der Waals surface area contributed by atoms with Gasteiger partial charge < -0.3 is 14.2 Å². The van der Waals surface area contributed by atoms with Gasteiger partial charge in [-0.25, -0.2) is 0 Å². The molecule has 0 fully saturated rings. The monoisotopic (exact) mass is 1110 g/mol. The Morgan fingerprint density at radius 1 is 0.263 bits per heavy atom. The van der Waals surface area contributed by atoms with Crippen molar-refractivity contribution in [3.8, 4) is 0 Å².